The molecular formula is C20H20N2O3S. The lowest BCUT2D eigenvalue weighted by Crippen LogP contribution is -2.27. The lowest BCUT2D eigenvalue weighted by molar-refractivity contribution is 0.0538. The number of carbonyl (C=O) groups excluding carboxylic acids is 2. The molecule has 6 heteroatoms. The first-order valence-corrected chi connectivity index (χ1v) is 9.01. The molecule has 0 unspecified atom stereocenters. The van der Waals surface area contributed by atoms with E-state index in [9.17, 15) is 9.59 Å². The van der Waals surface area contributed by atoms with Gasteiger partial charge >= 0.3 is 6.09 Å². The van der Waals surface area contributed by atoms with Crippen molar-refractivity contribution in [2.75, 3.05) is 4.72 Å². The van der Waals surface area contributed by atoms with Crippen molar-refractivity contribution in [2.45, 2.75) is 31.3 Å². The quantitative estimate of drug-likeness (QED) is 0.496. The van der Waals surface area contributed by atoms with Crippen LogP contribution in [0.4, 0.5) is 10.5 Å². The van der Waals surface area contributed by atoms with E-state index in [1.165, 1.54) is 16.5 Å². The average Bonchev–Trinajstić information content (AvgIpc) is 2.97. The molecule has 0 aliphatic heterocycles. The van der Waals surface area contributed by atoms with Crippen LogP contribution in [0.1, 0.15) is 31.3 Å². The van der Waals surface area contributed by atoms with Crippen LogP contribution in [-0.4, -0.2) is 22.5 Å². The molecule has 1 aromatic heterocycles. The maximum absolute atomic E-state index is 12.6. The van der Waals surface area contributed by atoms with E-state index in [-0.39, 0.29) is 5.69 Å². The van der Waals surface area contributed by atoms with Gasteiger partial charge in [-0.2, -0.15) is 0 Å². The molecule has 0 aliphatic carbocycles. The summed E-state index contributed by atoms with van der Waals surface area (Å²) >= 11 is 1.47. The van der Waals surface area contributed by atoms with Gasteiger partial charge in [0.2, 0.25) is 0 Å². The molecule has 0 fully saturated rings. The van der Waals surface area contributed by atoms with E-state index in [1.54, 1.807) is 26.8 Å². The molecule has 1 heterocycles. The van der Waals surface area contributed by atoms with Gasteiger partial charge in [0.05, 0.1) is 11.2 Å². The van der Waals surface area contributed by atoms with Crippen molar-refractivity contribution in [3.05, 3.63) is 60.3 Å². The highest BCUT2D eigenvalue weighted by Gasteiger charge is 2.22. The third kappa shape index (κ3) is 4.08. The molecule has 3 rings (SSSR count). The highest BCUT2D eigenvalue weighted by atomic mass is 32.2. The largest absolute Gasteiger partial charge is 0.443 e. The summed E-state index contributed by atoms with van der Waals surface area (Å²) in [6.07, 6.45) is 0.0953. The molecule has 0 atom stereocenters. The van der Waals surface area contributed by atoms with Crippen molar-refractivity contribution in [1.82, 2.24) is 4.57 Å². The number of rotatable bonds is 4. The number of anilines is 1. The minimum atomic E-state index is -0.646. The molecule has 0 amide bonds. The zero-order valence-corrected chi connectivity index (χ0v) is 15.7. The van der Waals surface area contributed by atoms with Crippen LogP contribution < -0.4 is 4.72 Å². The van der Waals surface area contributed by atoms with E-state index in [2.05, 4.69) is 4.72 Å². The Morgan fingerprint density at radius 1 is 1.12 bits per heavy atom. The molecule has 1 N–H and O–H groups in total. The van der Waals surface area contributed by atoms with Crippen LogP contribution in [0.3, 0.4) is 0 Å². The Morgan fingerprint density at radius 2 is 1.85 bits per heavy atom. The van der Waals surface area contributed by atoms with Crippen molar-refractivity contribution in [3.8, 4) is 0 Å². The normalized spacial score (nSPS) is 11.3. The Balaban J connectivity index is 1.93. The molecule has 0 bridgehead atoms. The summed E-state index contributed by atoms with van der Waals surface area (Å²) in [5.41, 5.74) is 1.07. The van der Waals surface area contributed by atoms with Crippen LogP contribution in [0.15, 0.2) is 59.5 Å². The van der Waals surface area contributed by atoms with Crippen LogP contribution in [0.25, 0.3) is 10.9 Å². The van der Waals surface area contributed by atoms with Gasteiger partial charge in [0.15, 0.2) is 6.29 Å². The van der Waals surface area contributed by atoms with Crippen molar-refractivity contribution < 1.29 is 14.3 Å². The Morgan fingerprint density at radius 3 is 2.50 bits per heavy atom. The number of hydrogen-bond donors (Lipinski definition) is 1. The molecule has 3 aromatic rings. The lowest BCUT2D eigenvalue weighted by atomic mass is 10.2. The number of benzene rings is 2. The summed E-state index contributed by atoms with van der Waals surface area (Å²) in [6, 6.07) is 17.2. The predicted molar refractivity (Wildman–Crippen MR) is 105 cm³/mol. The minimum absolute atomic E-state index is 0.266. The standard InChI is InChI=1S/C20H20N2O3S/c1-20(2,3)25-19(24)22-16(13-23)11-14-9-10-15(12-18(14)22)21-26-17-7-5-4-6-8-17/h4-13,21H,1-3H3. The van der Waals surface area contributed by atoms with Gasteiger partial charge in [0, 0.05) is 16.0 Å². The summed E-state index contributed by atoms with van der Waals surface area (Å²) in [6.45, 7) is 5.38. The molecular weight excluding hydrogens is 348 g/mol. The van der Waals surface area contributed by atoms with Crippen LogP contribution in [0, 0.1) is 0 Å². The summed E-state index contributed by atoms with van der Waals surface area (Å²) in [5.74, 6) is 0. The van der Waals surface area contributed by atoms with Crippen LogP contribution in [0.2, 0.25) is 0 Å². The third-order valence-electron chi connectivity index (χ3n) is 3.56. The number of aromatic nitrogens is 1. The number of carbonyl (C=O) groups is 2. The Hall–Kier alpha value is -2.73. The SMILES string of the molecule is CC(C)(C)OC(=O)n1c(C=O)cc2ccc(NSc3ccccc3)cc21. The van der Waals surface area contributed by atoms with Crippen LogP contribution in [-0.2, 0) is 4.74 Å². The van der Waals surface area contributed by atoms with Gasteiger partial charge in [0.25, 0.3) is 0 Å². The van der Waals surface area contributed by atoms with E-state index in [1.807, 2.05) is 48.5 Å². The molecule has 5 nitrogen and oxygen atoms in total. The average molecular weight is 368 g/mol. The topological polar surface area (TPSA) is 60.3 Å². The van der Waals surface area contributed by atoms with Crippen molar-refractivity contribution in [1.29, 1.82) is 0 Å². The fourth-order valence-electron chi connectivity index (χ4n) is 2.49. The maximum atomic E-state index is 12.6. The second kappa shape index (κ2) is 7.25. The summed E-state index contributed by atoms with van der Waals surface area (Å²) in [7, 11) is 0. The molecule has 134 valence electrons. The fourth-order valence-corrected chi connectivity index (χ4v) is 3.15. The highest BCUT2D eigenvalue weighted by molar-refractivity contribution is 8.00. The molecule has 2 aromatic carbocycles. The molecule has 0 saturated heterocycles. The van der Waals surface area contributed by atoms with Crippen LogP contribution >= 0.6 is 11.9 Å². The van der Waals surface area contributed by atoms with Gasteiger partial charge in [-0.3, -0.25) is 4.79 Å². The van der Waals surface area contributed by atoms with Gasteiger partial charge in [-0.15, -0.1) is 0 Å². The predicted octanol–water partition coefficient (Wildman–Crippen LogP) is 5.36. The van der Waals surface area contributed by atoms with Crippen molar-refractivity contribution in [3.63, 3.8) is 0 Å². The van der Waals surface area contributed by atoms with Gasteiger partial charge < -0.3 is 9.46 Å². The van der Waals surface area contributed by atoms with E-state index in [0.717, 1.165) is 16.0 Å². The monoisotopic (exact) mass is 368 g/mol. The molecule has 26 heavy (non-hydrogen) atoms. The first-order chi connectivity index (χ1) is 12.4. The van der Waals surface area contributed by atoms with Gasteiger partial charge in [-0.25, -0.2) is 9.36 Å². The number of fused-ring (bicyclic) bond motifs is 1. The second-order valence-corrected chi connectivity index (χ2v) is 7.67. The highest BCUT2D eigenvalue weighted by Crippen LogP contribution is 2.27. The van der Waals surface area contributed by atoms with Crippen molar-refractivity contribution >= 4 is 40.9 Å². The van der Waals surface area contributed by atoms with E-state index in [0.29, 0.717) is 11.8 Å². The van der Waals surface area contributed by atoms with Crippen LogP contribution in [0.5, 0.6) is 0 Å². The maximum Gasteiger partial charge on any atom is 0.419 e. The molecule has 0 radical (unpaired) electrons. The molecule has 0 spiro atoms. The van der Waals surface area contributed by atoms with E-state index < -0.39 is 11.7 Å². The molecule has 0 saturated carbocycles. The first kappa shape index (κ1) is 18.1. The Bertz CT molecular complexity index is 943. The van der Waals surface area contributed by atoms with E-state index in [4.69, 9.17) is 4.74 Å². The molecule has 0 aliphatic rings. The van der Waals surface area contributed by atoms with Crippen molar-refractivity contribution in [2.24, 2.45) is 0 Å². The minimum Gasteiger partial charge on any atom is -0.443 e. The smallest absolute Gasteiger partial charge is 0.419 e. The number of hydrogen-bond acceptors (Lipinski definition) is 5. The zero-order chi connectivity index (χ0) is 18.7. The summed E-state index contributed by atoms with van der Waals surface area (Å²) in [5, 5.41) is 0.799. The third-order valence-corrected chi connectivity index (χ3v) is 4.41. The fraction of sp³-hybridized carbons (Fsp3) is 0.200. The zero-order valence-electron chi connectivity index (χ0n) is 14.9. The van der Waals surface area contributed by atoms with E-state index >= 15 is 0 Å². The van der Waals surface area contributed by atoms with Gasteiger partial charge in [-0.1, -0.05) is 24.3 Å². The lowest BCUT2D eigenvalue weighted by Gasteiger charge is -2.20. The second-order valence-electron chi connectivity index (χ2n) is 6.79. The van der Waals surface area contributed by atoms with Gasteiger partial charge in [-0.05, 0) is 63.1 Å². The number of ether oxygens (including phenoxy) is 1. The number of nitrogens with one attached hydrogen (secondary N) is 1. The van der Waals surface area contributed by atoms with Gasteiger partial charge in [0.1, 0.15) is 5.60 Å². The number of nitrogens with zero attached hydrogens (tertiary/aromatic N) is 1. The Labute approximate surface area is 156 Å². The number of aldehydes is 1. The Kier molecular flexibility index (Phi) is 5.04. The summed E-state index contributed by atoms with van der Waals surface area (Å²) < 4.78 is 10.0. The summed E-state index contributed by atoms with van der Waals surface area (Å²) in [4.78, 5) is 25.0. The first-order valence-electron chi connectivity index (χ1n) is 8.19.